The minimum atomic E-state index is -0.374. The predicted molar refractivity (Wildman–Crippen MR) is 86.7 cm³/mol. The molecule has 0 heterocycles. The van der Waals surface area contributed by atoms with Gasteiger partial charge in [0.15, 0.2) is 17.5 Å². The number of rotatable bonds is 5. The van der Waals surface area contributed by atoms with E-state index >= 15 is 0 Å². The average molecular weight is 381 g/mol. The molecule has 0 saturated heterocycles. The van der Waals surface area contributed by atoms with Gasteiger partial charge in [0.1, 0.15) is 6.10 Å². The quantitative estimate of drug-likeness (QED) is 0.468. The molecule has 0 aliphatic heterocycles. The normalized spacial score (nSPS) is 12.8. The van der Waals surface area contributed by atoms with E-state index in [4.69, 9.17) is 10.5 Å². The van der Waals surface area contributed by atoms with Gasteiger partial charge in [0.05, 0.1) is 6.54 Å². The van der Waals surface area contributed by atoms with Crippen molar-refractivity contribution in [2.24, 2.45) is 10.7 Å². The number of hydrogen-bond donors (Lipinski definition) is 2. The molecule has 0 radical (unpaired) electrons. The van der Waals surface area contributed by atoms with E-state index in [2.05, 4.69) is 10.3 Å². The van der Waals surface area contributed by atoms with E-state index in [0.717, 1.165) is 0 Å². The fourth-order valence-electron chi connectivity index (χ4n) is 1.36. The Kier molecular flexibility index (Phi) is 8.46. The molecule has 1 atom stereocenters. The minimum Gasteiger partial charge on any atom is -0.486 e. The van der Waals surface area contributed by atoms with Crippen LogP contribution in [0.2, 0.25) is 0 Å². The molecular formula is C13H21FIN3O. The molecule has 108 valence electrons. The van der Waals surface area contributed by atoms with E-state index < -0.39 is 0 Å². The summed E-state index contributed by atoms with van der Waals surface area (Å²) < 4.78 is 18.8. The zero-order valence-electron chi connectivity index (χ0n) is 11.4. The summed E-state index contributed by atoms with van der Waals surface area (Å²) in [6.07, 6.45) is -0.241. The maximum atomic E-state index is 13.3. The number of nitrogens with zero attached hydrogens (tertiary/aromatic N) is 1. The summed E-state index contributed by atoms with van der Waals surface area (Å²) in [5.74, 6) is 0.228. The third-order valence-electron chi connectivity index (χ3n) is 2.12. The predicted octanol–water partition coefficient (Wildman–Crippen LogP) is 2.52. The Morgan fingerprint density at radius 3 is 2.58 bits per heavy atom. The van der Waals surface area contributed by atoms with Crippen LogP contribution in [0.3, 0.4) is 0 Å². The van der Waals surface area contributed by atoms with Gasteiger partial charge in [0.25, 0.3) is 0 Å². The SMILES string of the molecule is CC(C)NC(N)=NCC(C)Oc1ccccc1F.I. The number of para-hydroxylation sites is 1. The Bertz CT molecular complexity index is 413. The van der Waals surface area contributed by atoms with Crippen molar-refractivity contribution in [2.45, 2.75) is 32.9 Å². The number of guanidine groups is 1. The van der Waals surface area contributed by atoms with Crippen LogP contribution in [0.4, 0.5) is 4.39 Å². The van der Waals surface area contributed by atoms with Crippen LogP contribution in [-0.2, 0) is 0 Å². The highest BCUT2D eigenvalue weighted by Crippen LogP contribution is 2.16. The molecule has 4 nitrogen and oxygen atoms in total. The summed E-state index contributed by atoms with van der Waals surface area (Å²) >= 11 is 0. The third kappa shape index (κ3) is 7.19. The van der Waals surface area contributed by atoms with Gasteiger partial charge < -0.3 is 15.8 Å². The molecule has 0 aliphatic rings. The fourth-order valence-corrected chi connectivity index (χ4v) is 1.36. The van der Waals surface area contributed by atoms with E-state index in [1.54, 1.807) is 18.2 Å². The van der Waals surface area contributed by atoms with Crippen LogP contribution in [0, 0.1) is 5.82 Å². The zero-order chi connectivity index (χ0) is 13.5. The number of benzene rings is 1. The molecule has 0 aliphatic carbocycles. The summed E-state index contributed by atoms with van der Waals surface area (Å²) in [6, 6.07) is 6.53. The maximum absolute atomic E-state index is 13.3. The monoisotopic (exact) mass is 381 g/mol. The van der Waals surface area contributed by atoms with Crippen molar-refractivity contribution in [1.82, 2.24) is 5.32 Å². The number of aliphatic imine (C=N–C) groups is 1. The largest absolute Gasteiger partial charge is 0.486 e. The lowest BCUT2D eigenvalue weighted by atomic mass is 10.3. The topological polar surface area (TPSA) is 59.6 Å². The number of nitrogens with one attached hydrogen (secondary N) is 1. The van der Waals surface area contributed by atoms with Gasteiger partial charge in [-0.3, -0.25) is 0 Å². The molecule has 1 aromatic carbocycles. The second kappa shape index (κ2) is 8.95. The van der Waals surface area contributed by atoms with Crippen LogP contribution in [0.15, 0.2) is 29.3 Å². The number of ether oxygens (including phenoxy) is 1. The van der Waals surface area contributed by atoms with Gasteiger partial charge in [0, 0.05) is 6.04 Å². The first kappa shape index (κ1) is 17.9. The lowest BCUT2D eigenvalue weighted by Crippen LogP contribution is -2.37. The second-order valence-corrected chi connectivity index (χ2v) is 4.38. The molecular weight excluding hydrogens is 360 g/mol. The van der Waals surface area contributed by atoms with Gasteiger partial charge in [0.2, 0.25) is 0 Å². The summed E-state index contributed by atoms with van der Waals surface area (Å²) in [4.78, 5) is 4.13. The second-order valence-electron chi connectivity index (χ2n) is 4.38. The highest BCUT2D eigenvalue weighted by molar-refractivity contribution is 14.0. The number of hydrogen-bond acceptors (Lipinski definition) is 2. The highest BCUT2D eigenvalue weighted by atomic mass is 127. The highest BCUT2D eigenvalue weighted by Gasteiger charge is 2.07. The minimum absolute atomic E-state index is 0. The smallest absolute Gasteiger partial charge is 0.188 e. The van der Waals surface area contributed by atoms with E-state index in [9.17, 15) is 4.39 Å². The van der Waals surface area contributed by atoms with Gasteiger partial charge in [-0.15, -0.1) is 24.0 Å². The molecule has 0 bridgehead atoms. The lowest BCUT2D eigenvalue weighted by Gasteiger charge is -2.14. The van der Waals surface area contributed by atoms with E-state index in [0.29, 0.717) is 12.5 Å². The van der Waals surface area contributed by atoms with Crippen LogP contribution in [0.5, 0.6) is 5.75 Å². The Balaban J connectivity index is 0.00000324. The Morgan fingerprint density at radius 1 is 1.37 bits per heavy atom. The van der Waals surface area contributed by atoms with Gasteiger partial charge in [-0.2, -0.15) is 0 Å². The van der Waals surface area contributed by atoms with Crippen molar-refractivity contribution < 1.29 is 9.13 Å². The van der Waals surface area contributed by atoms with Crippen LogP contribution < -0.4 is 15.8 Å². The molecule has 0 amide bonds. The fraction of sp³-hybridized carbons (Fsp3) is 0.462. The Morgan fingerprint density at radius 2 is 2.00 bits per heavy atom. The average Bonchev–Trinajstić information content (AvgIpc) is 2.29. The molecule has 0 saturated carbocycles. The van der Waals surface area contributed by atoms with Crippen molar-refractivity contribution in [3.05, 3.63) is 30.1 Å². The van der Waals surface area contributed by atoms with Gasteiger partial charge in [-0.25, -0.2) is 9.38 Å². The Hall–Kier alpha value is -1.05. The van der Waals surface area contributed by atoms with Crippen LogP contribution >= 0.6 is 24.0 Å². The lowest BCUT2D eigenvalue weighted by molar-refractivity contribution is 0.220. The van der Waals surface area contributed by atoms with Gasteiger partial charge >= 0.3 is 0 Å². The van der Waals surface area contributed by atoms with Crippen LogP contribution in [0.25, 0.3) is 0 Å². The molecule has 6 heteroatoms. The summed E-state index contributed by atoms with van der Waals surface area (Å²) in [7, 11) is 0. The van der Waals surface area contributed by atoms with Crippen molar-refractivity contribution in [3.63, 3.8) is 0 Å². The van der Waals surface area contributed by atoms with Crippen molar-refractivity contribution in [2.75, 3.05) is 6.54 Å². The number of nitrogens with two attached hydrogens (primary N) is 1. The third-order valence-corrected chi connectivity index (χ3v) is 2.12. The number of halogens is 2. The molecule has 3 N–H and O–H groups in total. The molecule has 19 heavy (non-hydrogen) atoms. The van der Waals surface area contributed by atoms with Gasteiger partial charge in [-0.1, -0.05) is 12.1 Å². The first-order valence-electron chi connectivity index (χ1n) is 5.96. The standard InChI is InChI=1S/C13H20FN3O.HI/c1-9(2)17-13(15)16-8-10(3)18-12-7-5-4-6-11(12)14;/h4-7,9-10H,8H2,1-3H3,(H3,15,16,17);1H. The maximum Gasteiger partial charge on any atom is 0.188 e. The molecule has 0 aromatic heterocycles. The van der Waals surface area contributed by atoms with E-state index in [-0.39, 0.29) is 47.7 Å². The van der Waals surface area contributed by atoms with Crippen LogP contribution in [0.1, 0.15) is 20.8 Å². The van der Waals surface area contributed by atoms with E-state index in [1.807, 2.05) is 20.8 Å². The van der Waals surface area contributed by atoms with E-state index in [1.165, 1.54) is 6.07 Å². The first-order valence-corrected chi connectivity index (χ1v) is 5.96. The summed E-state index contributed by atoms with van der Waals surface area (Å²) in [5.41, 5.74) is 5.66. The molecule has 1 aromatic rings. The van der Waals surface area contributed by atoms with Crippen molar-refractivity contribution in [3.8, 4) is 5.75 Å². The zero-order valence-corrected chi connectivity index (χ0v) is 13.7. The van der Waals surface area contributed by atoms with Crippen LogP contribution in [-0.4, -0.2) is 24.7 Å². The summed E-state index contributed by atoms with van der Waals surface area (Å²) in [5, 5.41) is 2.97. The molecule has 0 fully saturated rings. The van der Waals surface area contributed by atoms with Gasteiger partial charge in [-0.05, 0) is 32.9 Å². The summed E-state index contributed by atoms with van der Waals surface area (Å²) in [6.45, 7) is 6.14. The molecule has 1 rings (SSSR count). The first-order chi connectivity index (χ1) is 8.49. The van der Waals surface area contributed by atoms with Crippen molar-refractivity contribution in [1.29, 1.82) is 0 Å². The van der Waals surface area contributed by atoms with Crippen molar-refractivity contribution >= 4 is 29.9 Å². The molecule has 1 unspecified atom stereocenters. The Labute approximate surface area is 130 Å². The molecule has 0 spiro atoms.